The maximum Gasteiger partial charge on any atom is 0.0628 e. The minimum Gasteiger partial charge on any atom is -0.262 e. The van der Waals surface area contributed by atoms with Crippen LogP contribution in [-0.4, -0.2) is 6.21 Å². The molecule has 19 heavy (non-hydrogen) atoms. The Labute approximate surface area is 115 Å². The van der Waals surface area contributed by atoms with Gasteiger partial charge in [0.25, 0.3) is 0 Å². The minimum atomic E-state index is 0.815. The molecule has 0 heterocycles. The first-order valence-corrected chi connectivity index (χ1v) is 6.47. The van der Waals surface area contributed by atoms with Gasteiger partial charge in [-0.3, -0.25) is 4.99 Å². The topological polar surface area (TPSA) is 12.4 Å². The van der Waals surface area contributed by atoms with E-state index in [4.69, 9.17) is 0 Å². The molecule has 0 N–H and O–H groups in total. The molecular weight excluding hydrogens is 230 g/mol. The van der Waals surface area contributed by atoms with E-state index < -0.39 is 0 Å². The second-order valence-corrected chi connectivity index (χ2v) is 4.73. The summed E-state index contributed by atoms with van der Waals surface area (Å²) < 4.78 is 0. The first-order chi connectivity index (χ1) is 9.11. The Balaban J connectivity index is 2.38. The molecule has 0 unspecified atom stereocenters. The highest BCUT2D eigenvalue weighted by Gasteiger charge is 2.04. The van der Waals surface area contributed by atoms with Crippen LogP contribution in [0, 0.1) is 13.8 Å². The molecule has 0 radical (unpaired) electrons. The molecule has 0 aliphatic carbocycles. The van der Waals surface area contributed by atoms with Gasteiger partial charge in [0.05, 0.1) is 5.70 Å². The number of rotatable bonds is 3. The van der Waals surface area contributed by atoms with Crippen molar-refractivity contribution >= 4 is 11.9 Å². The molecule has 0 bridgehead atoms. The van der Waals surface area contributed by atoms with Gasteiger partial charge in [-0.1, -0.05) is 54.6 Å². The third-order valence-corrected chi connectivity index (χ3v) is 3.21. The average molecular weight is 249 g/mol. The first-order valence-electron chi connectivity index (χ1n) is 6.47. The summed E-state index contributed by atoms with van der Waals surface area (Å²) >= 11 is 0. The molecule has 0 saturated heterocycles. The molecule has 0 aliphatic heterocycles. The predicted molar refractivity (Wildman–Crippen MR) is 84.6 cm³/mol. The van der Waals surface area contributed by atoms with Crippen LogP contribution in [0.15, 0.2) is 54.0 Å². The van der Waals surface area contributed by atoms with E-state index in [1.54, 1.807) is 6.21 Å². The van der Waals surface area contributed by atoms with Gasteiger partial charge in [-0.05, 0) is 37.5 Å². The van der Waals surface area contributed by atoms with Crippen LogP contribution in [0.2, 0.25) is 0 Å². The van der Waals surface area contributed by atoms with Crippen LogP contribution >= 0.6 is 0 Å². The smallest absolute Gasteiger partial charge is 0.0628 e. The first kappa shape index (κ1) is 13.3. The number of benzene rings is 2. The van der Waals surface area contributed by atoms with Crippen LogP contribution in [0.5, 0.6) is 0 Å². The number of nitrogens with zero attached hydrogens (tertiary/aromatic N) is 1. The summed E-state index contributed by atoms with van der Waals surface area (Å²) in [7, 11) is 0. The largest absolute Gasteiger partial charge is 0.262 e. The van der Waals surface area contributed by atoms with Crippen molar-refractivity contribution < 1.29 is 0 Å². The lowest BCUT2D eigenvalue weighted by molar-refractivity contribution is 1.39. The minimum absolute atomic E-state index is 0.815. The van der Waals surface area contributed by atoms with Crippen LogP contribution < -0.4 is 0 Å². The molecule has 0 saturated carbocycles. The Kier molecular flexibility index (Phi) is 3.96. The molecule has 96 valence electrons. The van der Waals surface area contributed by atoms with Crippen molar-refractivity contribution in [3.8, 4) is 11.1 Å². The molecule has 0 amide bonds. The zero-order chi connectivity index (χ0) is 13.8. The lowest BCUT2D eigenvalue weighted by atomic mass is 9.98. The molecule has 2 aromatic rings. The fraction of sp³-hybridized carbons (Fsp3) is 0.167. The summed E-state index contributed by atoms with van der Waals surface area (Å²) in [5.41, 5.74) is 6.88. The Bertz CT molecular complexity index is 619. The fourth-order valence-electron chi connectivity index (χ4n) is 2.14. The number of hydrogen-bond donors (Lipinski definition) is 0. The SMILES string of the molecule is C=C(N=CC)c1ccc(-c2ccc(C)cc2)cc1C. The van der Waals surface area contributed by atoms with Crippen LogP contribution in [0.3, 0.4) is 0 Å². The van der Waals surface area contributed by atoms with Crippen molar-refractivity contribution in [1.29, 1.82) is 0 Å². The number of aliphatic imine (C=N–C) groups is 1. The van der Waals surface area contributed by atoms with Gasteiger partial charge in [-0.15, -0.1) is 0 Å². The molecule has 0 aliphatic rings. The van der Waals surface area contributed by atoms with Crippen molar-refractivity contribution in [2.75, 3.05) is 0 Å². The monoisotopic (exact) mass is 249 g/mol. The van der Waals surface area contributed by atoms with E-state index in [2.05, 4.69) is 67.9 Å². The summed E-state index contributed by atoms with van der Waals surface area (Å²) in [5.74, 6) is 0. The summed E-state index contributed by atoms with van der Waals surface area (Å²) in [4.78, 5) is 4.25. The maximum absolute atomic E-state index is 4.25. The highest BCUT2D eigenvalue weighted by atomic mass is 14.7. The van der Waals surface area contributed by atoms with E-state index in [1.807, 2.05) is 6.92 Å². The molecule has 0 atom stereocenters. The van der Waals surface area contributed by atoms with E-state index in [9.17, 15) is 0 Å². The number of aryl methyl sites for hydroxylation is 2. The van der Waals surface area contributed by atoms with Crippen LogP contribution in [0.4, 0.5) is 0 Å². The molecule has 0 aromatic heterocycles. The standard InChI is InChI=1S/C18H19N/c1-5-19-15(4)18-11-10-17(12-14(18)3)16-8-6-13(2)7-9-16/h5-12H,4H2,1-3H3. The second-order valence-electron chi connectivity index (χ2n) is 4.73. The Morgan fingerprint density at radius 1 is 1.00 bits per heavy atom. The van der Waals surface area contributed by atoms with Crippen LogP contribution in [-0.2, 0) is 0 Å². The van der Waals surface area contributed by atoms with E-state index in [1.165, 1.54) is 22.3 Å². The number of hydrogen-bond acceptors (Lipinski definition) is 1. The maximum atomic E-state index is 4.25. The summed E-state index contributed by atoms with van der Waals surface area (Å²) in [6.07, 6.45) is 1.77. The average Bonchev–Trinajstić information content (AvgIpc) is 2.39. The van der Waals surface area contributed by atoms with Gasteiger partial charge in [0, 0.05) is 11.8 Å². The van der Waals surface area contributed by atoms with Crippen molar-refractivity contribution in [2.24, 2.45) is 4.99 Å². The highest BCUT2D eigenvalue weighted by Crippen LogP contribution is 2.26. The van der Waals surface area contributed by atoms with Gasteiger partial charge in [0.1, 0.15) is 0 Å². The third-order valence-electron chi connectivity index (χ3n) is 3.21. The summed E-state index contributed by atoms with van der Waals surface area (Å²) in [5, 5.41) is 0. The van der Waals surface area contributed by atoms with Gasteiger partial charge in [-0.2, -0.15) is 0 Å². The van der Waals surface area contributed by atoms with Gasteiger partial charge >= 0.3 is 0 Å². The molecule has 1 nitrogen and oxygen atoms in total. The zero-order valence-electron chi connectivity index (χ0n) is 11.8. The fourth-order valence-corrected chi connectivity index (χ4v) is 2.14. The van der Waals surface area contributed by atoms with Crippen molar-refractivity contribution in [2.45, 2.75) is 20.8 Å². The highest BCUT2D eigenvalue weighted by molar-refractivity contribution is 5.75. The molecule has 0 fully saturated rings. The predicted octanol–water partition coefficient (Wildman–Crippen LogP) is 5.03. The van der Waals surface area contributed by atoms with Crippen molar-refractivity contribution in [3.05, 3.63) is 65.7 Å². The summed E-state index contributed by atoms with van der Waals surface area (Å²) in [6.45, 7) is 10.1. The zero-order valence-corrected chi connectivity index (χ0v) is 11.8. The van der Waals surface area contributed by atoms with E-state index in [0.717, 1.165) is 11.3 Å². The molecule has 2 aromatic carbocycles. The van der Waals surface area contributed by atoms with Crippen molar-refractivity contribution in [1.82, 2.24) is 0 Å². The van der Waals surface area contributed by atoms with Gasteiger partial charge in [-0.25, -0.2) is 0 Å². The van der Waals surface area contributed by atoms with E-state index in [0.29, 0.717) is 0 Å². The Hall–Kier alpha value is -2.15. The van der Waals surface area contributed by atoms with Gasteiger partial charge in [0.2, 0.25) is 0 Å². The quantitative estimate of drug-likeness (QED) is 0.676. The van der Waals surface area contributed by atoms with E-state index in [-0.39, 0.29) is 0 Å². The van der Waals surface area contributed by atoms with E-state index >= 15 is 0 Å². The molecule has 1 heteroatoms. The molecule has 2 rings (SSSR count). The Morgan fingerprint density at radius 3 is 2.21 bits per heavy atom. The second kappa shape index (κ2) is 5.66. The lowest BCUT2D eigenvalue weighted by Crippen LogP contribution is -1.88. The van der Waals surface area contributed by atoms with Crippen LogP contribution in [0.1, 0.15) is 23.6 Å². The van der Waals surface area contributed by atoms with Gasteiger partial charge < -0.3 is 0 Å². The third kappa shape index (κ3) is 3.00. The summed E-state index contributed by atoms with van der Waals surface area (Å²) in [6, 6.07) is 15.0. The lowest BCUT2D eigenvalue weighted by Gasteiger charge is -2.09. The molecular formula is C18H19N. The van der Waals surface area contributed by atoms with Crippen molar-refractivity contribution in [3.63, 3.8) is 0 Å². The van der Waals surface area contributed by atoms with Crippen LogP contribution in [0.25, 0.3) is 16.8 Å². The molecule has 0 spiro atoms. The Morgan fingerprint density at radius 2 is 1.63 bits per heavy atom. The van der Waals surface area contributed by atoms with Gasteiger partial charge in [0.15, 0.2) is 0 Å². The normalized spacial score (nSPS) is 10.9.